The van der Waals surface area contributed by atoms with Crippen LogP contribution in [0.1, 0.15) is 54.1 Å². The molecule has 4 nitrogen and oxygen atoms in total. The van der Waals surface area contributed by atoms with Gasteiger partial charge in [-0.2, -0.15) is 0 Å². The smallest absolute Gasteiger partial charge is 0.236 e. The topological polar surface area (TPSA) is 36.4 Å². The van der Waals surface area contributed by atoms with Crippen molar-refractivity contribution in [1.82, 2.24) is 14.8 Å². The number of amides is 1. The van der Waals surface area contributed by atoms with Crippen LogP contribution in [-0.4, -0.2) is 53.4 Å². The fourth-order valence-corrected chi connectivity index (χ4v) is 4.47. The largest absolute Gasteiger partial charge is 0.342 e. The summed E-state index contributed by atoms with van der Waals surface area (Å²) in [5.41, 5.74) is 5.04. The number of nitrogens with zero attached hydrogens (tertiary/aromatic N) is 3. The summed E-state index contributed by atoms with van der Waals surface area (Å²) in [6.07, 6.45) is 5.41. The molecule has 0 radical (unpaired) electrons. The SMILES string of the molecule is Cc1ccccc1Cc1cccc(C2CCN(CC(=O)N3CCCC3)CC2)n1. The molecule has 0 N–H and O–H groups in total. The summed E-state index contributed by atoms with van der Waals surface area (Å²) in [4.78, 5) is 21.7. The molecule has 2 aliphatic rings. The molecule has 0 atom stereocenters. The molecule has 0 aliphatic carbocycles. The number of hydrogen-bond acceptors (Lipinski definition) is 3. The second-order valence-corrected chi connectivity index (χ2v) is 8.30. The zero-order chi connectivity index (χ0) is 19.3. The van der Waals surface area contributed by atoms with E-state index >= 15 is 0 Å². The molecule has 0 unspecified atom stereocenters. The number of carbonyl (C=O) groups excluding carboxylic acids is 1. The fourth-order valence-electron chi connectivity index (χ4n) is 4.47. The molecular formula is C24H31N3O. The van der Waals surface area contributed by atoms with E-state index in [1.54, 1.807) is 0 Å². The van der Waals surface area contributed by atoms with Gasteiger partial charge in [0.15, 0.2) is 0 Å². The van der Waals surface area contributed by atoms with Gasteiger partial charge in [-0.15, -0.1) is 0 Å². The summed E-state index contributed by atoms with van der Waals surface area (Å²) in [5, 5.41) is 0. The fraction of sp³-hybridized carbons (Fsp3) is 0.500. The Kier molecular flexibility index (Phi) is 6.06. The molecule has 2 aromatic rings. The third-order valence-corrected chi connectivity index (χ3v) is 6.28. The third-order valence-electron chi connectivity index (χ3n) is 6.28. The number of carbonyl (C=O) groups is 1. The number of pyridine rings is 1. The molecule has 1 amide bonds. The maximum atomic E-state index is 12.4. The number of hydrogen-bond donors (Lipinski definition) is 0. The molecular weight excluding hydrogens is 346 g/mol. The zero-order valence-corrected chi connectivity index (χ0v) is 16.9. The molecule has 2 saturated heterocycles. The van der Waals surface area contributed by atoms with Crippen molar-refractivity contribution < 1.29 is 4.79 Å². The maximum Gasteiger partial charge on any atom is 0.236 e. The van der Waals surface area contributed by atoms with Gasteiger partial charge in [0.25, 0.3) is 0 Å². The van der Waals surface area contributed by atoms with Crippen LogP contribution >= 0.6 is 0 Å². The zero-order valence-electron chi connectivity index (χ0n) is 16.9. The first-order chi connectivity index (χ1) is 13.7. The van der Waals surface area contributed by atoms with E-state index in [-0.39, 0.29) is 0 Å². The highest BCUT2D eigenvalue weighted by atomic mass is 16.2. The van der Waals surface area contributed by atoms with Gasteiger partial charge < -0.3 is 4.90 Å². The predicted molar refractivity (Wildman–Crippen MR) is 112 cm³/mol. The lowest BCUT2D eigenvalue weighted by molar-refractivity contribution is -0.131. The third kappa shape index (κ3) is 4.61. The Labute approximate surface area is 168 Å². The molecule has 28 heavy (non-hydrogen) atoms. The van der Waals surface area contributed by atoms with Crippen LogP contribution in [0.2, 0.25) is 0 Å². The van der Waals surface area contributed by atoms with Gasteiger partial charge in [0.2, 0.25) is 5.91 Å². The number of rotatable bonds is 5. The number of aryl methyl sites for hydroxylation is 1. The van der Waals surface area contributed by atoms with E-state index in [4.69, 9.17) is 4.98 Å². The number of likely N-dealkylation sites (tertiary alicyclic amines) is 2. The van der Waals surface area contributed by atoms with Gasteiger partial charge in [-0.05, 0) is 69.0 Å². The molecule has 3 heterocycles. The van der Waals surface area contributed by atoms with Crippen molar-refractivity contribution in [3.8, 4) is 0 Å². The molecule has 4 heteroatoms. The summed E-state index contributed by atoms with van der Waals surface area (Å²) in [6, 6.07) is 15.0. The Hall–Kier alpha value is -2.20. The van der Waals surface area contributed by atoms with Crippen LogP contribution in [0.15, 0.2) is 42.5 Å². The monoisotopic (exact) mass is 377 g/mol. The van der Waals surface area contributed by atoms with E-state index in [9.17, 15) is 4.79 Å². The average Bonchev–Trinajstić information content (AvgIpc) is 3.26. The molecule has 148 valence electrons. The summed E-state index contributed by atoms with van der Waals surface area (Å²) in [6.45, 7) is 6.65. The lowest BCUT2D eigenvalue weighted by Gasteiger charge is -2.32. The minimum Gasteiger partial charge on any atom is -0.342 e. The van der Waals surface area contributed by atoms with Crippen molar-refractivity contribution in [2.45, 2.75) is 44.9 Å². The van der Waals surface area contributed by atoms with Crippen molar-refractivity contribution in [2.75, 3.05) is 32.7 Å². The quantitative estimate of drug-likeness (QED) is 0.796. The number of piperidine rings is 1. The first kappa shape index (κ1) is 19.1. The molecule has 2 aliphatic heterocycles. The van der Waals surface area contributed by atoms with Gasteiger partial charge in [-0.1, -0.05) is 30.3 Å². The molecule has 0 bridgehead atoms. The summed E-state index contributed by atoms with van der Waals surface area (Å²) in [7, 11) is 0. The number of benzene rings is 1. The molecule has 1 aromatic heterocycles. The summed E-state index contributed by atoms with van der Waals surface area (Å²) >= 11 is 0. The van der Waals surface area contributed by atoms with Gasteiger partial charge >= 0.3 is 0 Å². The van der Waals surface area contributed by atoms with Crippen LogP contribution in [0.5, 0.6) is 0 Å². The van der Waals surface area contributed by atoms with Crippen molar-refractivity contribution in [2.24, 2.45) is 0 Å². The first-order valence-corrected chi connectivity index (χ1v) is 10.7. The van der Waals surface area contributed by atoms with E-state index < -0.39 is 0 Å². The van der Waals surface area contributed by atoms with E-state index in [1.165, 1.54) is 29.7 Å². The van der Waals surface area contributed by atoms with Gasteiger partial charge in [-0.3, -0.25) is 14.7 Å². The van der Waals surface area contributed by atoms with E-state index in [2.05, 4.69) is 54.3 Å². The standard InChI is InChI=1S/C24H31N3O/c1-19-7-2-3-8-21(19)17-22-9-6-10-23(25-22)20-11-15-26(16-12-20)18-24(28)27-13-4-5-14-27/h2-3,6-10,20H,4-5,11-18H2,1H3. The Balaban J connectivity index is 1.33. The Bertz CT molecular complexity index is 805. The predicted octanol–water partition coefficient (Wildman–Crippen LogP) is 3.78. The minimum atomic E-state index is 0.314. The van der Waals surface area contributed by atoms with Crippen LogP contribution in [0, 0.1) is 6.92 Å². The highest BCUT2D eigenvalue weighted by molar-refractivity contribution is 5.78. The molecule has 0 saturated carbocycles. The van der Waals surface area contributed by atoms with E-state index in [1.807, 2.05) is 4.90 Å². The van der Waals surface area contributed by atoms with Gasteiger partial charge in [-0.25, -0.2) is 0 Å². The lowest BCUT2D eigenvalue weighted by atomic mass is 9.92. The van der Waals surface area contributed by atoms with Crippen LogP contribution in [-0.2, 0) is 11.2 Å². The second-order valence-electron chi connectivity index (χ2n) is 8.30. The van der Waals surface area contributed by atoms with Gasteiger partial charge in [0.05, 0.1) is 6.54 Å². The van der Waals surface area contributed by atoms with Crippen molar-refractivity contribution in [3.63, 3.8) is 0 Å². The second kappa shape index (κ2) is 8.87. The van der Waals surface area contributed by atoms with E-state index in [0.717, 1.165) is 51.1 Å². The average molecular weight is 378 g/mol. The highest BCUT2D eigenvalue weighted by Gasteiger charge is 2.25. The normalized spacial score (nSPS) is 18.5. The van der Waals surface area contributed by atoms with Crippen molar-refractivity contribution in [3.05, 3.63) is 65.0 Å². The number of aromatic nitrogens is 1. The Morgan fingerprint density at radius 1 is 1.00 bits per heavy atom. The van der Waals surface area contributed by atoms with E-state index in [0.29, 0.717) is 18.4 Å². The van der Waals surface area contributed by atoms with Crippen LogP contribution in [0.4, 0.5) is 0 Å². The van der Waals surface area contributed by atoms with Crippen molar-refractivity contribution in [1.29, 1.82) is 0 Å². The first-order valence-electron chi connectivity index (χ1n) is 10.7. The van der Waals surface area contributed by atoms with Crippen molar-refractivity contribution >= 4 is 5.91 Å². The summed E-state index contributed by atoms with van der Waals surface area (Å²) in [5.74, 6) is 0.823. The minimum absolute atomic E-state index is 0.314. The van der Waals surface area contributed by atoms with Gasteiger partial charge in [0.1, 0.15) is 0 Å². The van der Waals surface area contributed by atoms with Crippen LogP contribution < -0.4 is 0 Å². The molecule has 1 aromatic carbocycles. The summed E-state index contributed by atoms with van der Waals surface area (Å²) < 4.78 is 0. The Morgan fingerprint density at radius 2 is 1.75 bits per heavy atom. The van der Waals surface area contributed by atoms with Gasteiger partial charge in [0, 0.05) is 36.8 Å². The highest BCUT2D eigenvalue weighted by Crippen LogP contribution is 2.27. The maximum absolute atomic E-state index is 12.4. The lowest BCUT2D eigenvalue weighted by Crippen LogP contribution is -2.42. The molecule has 0 spiro atoms. The Morgan fingerprint density at radius 3 is 2.50 bits per heavy atom. The van der Waals surface area contributed by atoms with Crippen LogP contribution in [0.3, 0.4) is 0 Å². The van der Waals surface area contributed by atoms with Crippen LogP contribution in [0.25, 0.3) is 0 Å². The molecule has 4 rings (SSSR count). The molecule has 2 fully saturated rings.